The third kappa shape index (κ3) is 6.54. The van der Waals surface area contributed by atoms with E-state index in [1.807, 2.05) is 54.6 Å². The van der Waals surface area contributed by atoms with E-state index in [0.29, 0.717) is 13.0 Å². The molecular weight excluding hydrogens is 467 g/mol. The first-order valence-electron chi connectivity index (χ1n) is 13.1. The van der Waals surface area contributed by atoms with Crippen molar-refractivity contribution in [2.24, 2.45) is 0 Å². The third-order valence-corrected chi connectivity index (χ3v) is 7.68. The van der Waals surface area contributed by atoms with Crippen molar-refractivity contribution in [1.29, 1.82) is 5.26 Å². The molecule has 0 bridgehead atoms. The number of hydrogen-bond acceptors (Lipinski definition) is 4. The van der Waals surface area contributed by atoms with E-state index >= 15 is 0 Å². The summed E-state index contributed by atoms with van der Waals surface area (Å²) >= 11 is 0. The summed E-state index contributed by atoms with van der Waals surface area (Å²) in [6.45, 7) is 4.96. The minimum atomic E-state index is -0.713. The van der Waals surface area contributed by atoms with Crippen molar-refractivity contribution in [1.82, 2.24) is 4.90 Å². The Hall–Kier alpha value is -2.42. The summed E-state index contributed by atoms with van der Waals surface area (Å²) < 4.78 is 5.76. The van der Waals surface area contributed by atoms with Gasteiger partial charge in [-0.05, 0) is 55.5 Å². The van der Waals surface area contributed by atoms with Gasteiger partial charge in [0.15, 0.2) is 0 Å². The minimum absolute atomic E-state index is 0. The van der Waals surface area contributed by atoms with Crippen LogP contribution in [0.1, 0.15) is 57.1 Å². The van der Waals surface area contributed by atoms with E-state index in [1.54, 1.807) is 0 Å². The van der Waals surface area contributed by atoms with E-state index in [1.165, 1.54) is 0 Å². The van der Waals surface area contributed by atoms with Gasteiger partial charge in [-0.15, -0.1) is 0 Å². The second-order valence-corrected chi connectivity index (χ2v) is 9.78. The fourth-order valence-corrected chi connectivity index (χ4v) is 5.39. The first kappa shape index (κ1) is 29.1. The van der Waals surface area contributed by atoms with Crippen LogP contribution >= 0.6 is 0 Å². The number of carbonyl (C=O) groups excluding carboxylic acids is 1. The van der Waals surface area contributed by atoms with Gasteiger partial charge in [-0.25, -0.2) is 0 Å². The van der Waals surface area contributed by atoms with Gasteiger partial charge in [0.1, 0.15) is 5.41 Å². The number of carbonyl (C=O) groups is 1. The topological polar surface area (TPSA) is 53.3 Å². The van der Waals surface area contributed by atoms with Gasteiger partial charge in [-0.1, -0.05) is 104 Å². The summed E-state index contributed by atoms with van der Waals surface area (Å²) in [7, 11) is 0. The van der Waals surface area contributed by atoms with Gasteiger partial charge in [0.2, 0.25) is 0 Å². The monoisotopic (exact) mass is 504 g/mol. The number of nitriles is 1. The number of esters is 1. The van der Waals surface area contributed by atoms with Gasteiger partial charge in [0.05, 0.1) is 18.1 Å². The normalized spacial score (nSPS) is 15.2. The molecule has 0 atom stereocenters. The fraction of sp³-hybridized carbons (Fsp3) is 0.375. The Bertz CT molecular complexity index is 1100. The van der Waals surface area contributed by atoms with Crippen molar-refractivity contribution in [3.05, 3.63) is 108 Å². The molecule has 3 aromatic rings. The zero-order chi connectivity index (χ0) is 25.3. The van der Waals surface area contributed by atoms with Gasteiger partial charge < -0.3 is 11.1 Å². The number of likely N-dealkylation sites (tertiary alicyclic amines) is 1. The maximum atomic E-state index is 13.4. The smallest absolute Gasteiger partial charge is 1.00 e. The molecule has 1 aliphatic rings. The van der Waals surface area contributed by atoms with Crippen LogP contribution in [0.25, 0.3) is 0 Å². The molecule has 0 aliphatic carbocycles. The van der Waals surface area contributed by atoms with Gasteiger partial charge >= 0.3 is 35.5 Å². The average molecular weight is 505 g/mol. The molecule has 1 fully saturated rings. The SMILES string of the molecule is CCCCOC(=O)C1(c2ccccc2)CCN(CCC(C#N)(c2ccccc2)c2ccccc2)CC1.[H-].[Na+]. The van der Waals surface area contributed by atoms with E-state index in [4.69, 9.17) is 4.74 Å². The van der Waals surface area contributed by atoms with Gasteiger partial charge in [-0.2, -0.15) is 5.26 Å². The molecule has 0 spiro atoms. The maximum Gasteiger partial charge on any atom is 1.00 e. The Morgan fingerprint density at radius 3 is 1.95 bits per heavy atom. The largest absolute Gasteiger partial charge is 1.00 e. The van der Waals surface area contributed by atoms with Crippen LogP contribution in [0.15, 0.2) is 91.0 Å². The van der Waals surface area contributed by atoms with E-state index in [-0.39, 0.29) is 37.0 Å². The Kier molecular flexibility index (Phi) is 11.0. The van der Waals surface area contributed by atoms with E-state index in [2.05, 4.69) is 54.3 Å². The third-order valence-electron chi connectivity index (χ3n) is 7.68. The average Bonchev–Trinajstić information content (AvgIpc) is 2.96. The standard InChI is InChI=1S/C32H36N2O2.Na.H/c1-2-3-25-36-30(35)31(27-13-7-4-8-14-27)19-22-34(23-20-31)24-21-32(26-33,28-15-9-5-10-16-28)29-17-11-6-12-18-29;;/h4-18H,2-3,19-25H2,1H3;;/q;+1;-1. The van der Waals surface area contributed by atoms with Crippen LogP contribution in [-0.2, 0) is 20.4 Å². The summed E-state index contributed by atoms with van der Waals surface area (Å²) in [6, 6.07) is 33.0. The Morgan fingerprint density at radius 2 is 1.46 bits per heavy atom. The van der Waals surface area contributed by atoms with E-state index in [9.17, 15) is 10.1 Å². The summed E-state index contributed by atoms with van der Waals surface area (Å²) in [5, 5.41) is 10.5. The second kappa shape index (κ2) is 13.9. The predicted molar refractivity (Wildman–Crippen MR) is 145 cm³/mol. The second-order valence-electron chi connectivity index (χ2n) is 9.78. The molecule has 0 radical (unpaired) electrons. The Labute approximate surface area is 245 Å². The molecule has 3 aromatic carbocycles. The Morgan fingerprint density at radius 1 is 0.946 bits per heavy atom. The van der Waals surface area contributed by atoms with Gasteiger partial charge in [-0.3, -0.25) is 4.79 Å². The molecule has 1 aliphatic heterocycles. The molecule has 0 unspecified atom stereocenters. The molecule has 0 amide bonds. The summed E-state index contributed by atoms with van der Waals surface area (Å²) in [5.74, 6) is -0.0956. The van der Waals surface area contributed by atoms with Crippen molar-refractivity contribution in [2.75, 3.05) is 26.2 Å². The maximum absolute atomic E-state index is 13.4. The van der Waals surface area contributed by atoms with E-state index in [0.717, 1.165) is 62.0 Å². The van der Waals surface area contributed by atoms with Crippen LogP contribution in [0, 0.1) is 11.3 Å². The number of piperidine rings is 1. The van der Waals surface area contributed by atoms with Gasteiger partial charge in [0, 0.05) is 6.54 Å². The van der Waals surface area contributed by atoms with Crippen LogP contribution < -0.4 is 29.6 Å². The van der Waals surface area contributed by atoms with Crippen LogP contribution in [-0.4, -0.2) is 37.1 Å². The zero-order valence-electron chi connectivity index (χ0n) is 23.2. The number of rotatable bonds is 10. The molecule has 188 valence electrons. The summed E-state index contributed by atoms with van der Waals surface area (Å²) in [5.41, 5.74) is 1.78. The van der Waals surface area contributed by atoms with Crippen molar-refractivity contribution >= 4 is 5.97 Å². The van der Waals surface area contributed by atoms with Crippen molar-refractivity contribution in [3.63, 3.8) is 0 Å². The molecular formula is C32H37N2NaO2. The molecule has 4 nitrogen and oxygen atoms in total. The molecule has 0 N–H and O–H groups in total. The quantitative estimate of drug-likeness (QED) is 0.241. The molecule has 0 saturated carbocycles. The van der Waals surface area contributed by atoms with Crippen LogP contribution in [0.3, 0.4) is 0 Å². The van der Waals surface area contributed by atoms with Crippen molar-refractivity contribution in [2.45, 2.75) is 49.9 Å². The van der Waals surface area contributed by atoms with Crippen LogP contribution in [0.2, 0.25) is 0 Å². The molecule has 1 heterocycles. The number of benzene rings is 3. The first-order valence-corrected chi connectivity index (χ1v) is 13.1. The number of ether oxygens (including phenoxy) is 1. The van der Waals surface area contributed by atoms with E-state index < -0.39 is 10.8 Å². The first-order chi connectivity index (χ1) is 17.6. The summed E-state index contributed by atoms with van der Waals surface area (Å²) in [4.78, 5) is 15.8. The predicted octanol–water partition coefficient (Wildman–Crippen LogP) is 3.38. The van der Waals surface area contributed by atoms with Gasteiger partial charge in [0.25, 0.3) is 0 Å². The number of nitrogens with zero attached hydrogens (tertiary/aromatic N) is 2. The zero-order valence-corrected chi connectivity index (χ0v) is 24.2. The fourth-order valence-electron chi connectivity index (χ4n) is 5.39. The summed E-state index contributed by atoms with van der Waals surface area (Å²) in [6.07, 6.45) is 4.02. The molecule has 4 rings (SSSR count). The van der Waals surface area contributed by atoms with Crippen molar-refractivity contribution in [3.8, 4) is 6.07 Å². The van der Waals surface area contributed by atoms with Crippen LogP contribution in [0.5, 0.6) is 0 Å². The Balaban J connectivity index is 0.00000253. The number of unbranched alkanes of at least 4 members (excludes halogenated alkanes) is 1. The molecule has 0 aromatic heterocycles. The molecule has 37 heavy (non-hydrogen) atoms. The van der Waals surface area contributed by atoms with Crippen molar-refractivity contribution < 1.29 is 40.5 Å². The minimum Gasteiger partial charge on any atom is -1.00 e. The number of hydrogen-bond donors (Lipinski definition) is 0. The van der Waals surface area contributed by atoms with Crippen LogP contribution in [0.4, 0.5) is 0 Å². The molecule has 5 heteroatoms. The molecule has 1 saturated heterocycles.